The van der Waals surface area contributed by atoms with Crippen LogP contribution in [0.15, 0.2) is 35.3 Å². The molecule has 0 aliphatic heterocycles. The molecule has 1 aliphatic carbocycles. The van der Waals surface area contributed by atoms with Crippen LogP contribution in [0.1, 0.15) is 25.7 Å². The van der Waals surface area contributed by atoms with E-state index in [0.717, 1.165) is 18.2 Å². The lowest BCUT2D eigenvalue weighted by atomic mass is 10.1. The number of benzene rings is 1. The molecular formula is C19H24N2O4. The van der Waals surface area contributed by atoms with Crippen LogP contribution in [0.25, 0.3) is 10.8 Å². The first kappa shape index (κ1) is 17.5. The lowest BCUT2D eigenvalue weighted by Gasteiger charge is -2.14. The number of hydrogen-bond donors (Lipinski definition) is 1. The molecule has 1 aromatic heterocycles. The number of hydrogen-bond acceptors (Lipinski definition) is 4. The molecule has 1 saturated carbocycles. The highest BCUT2D eigenvalue weighted by atomic mass is 16.5. The average molecular weight is 344 g/mol. The van der Waals surface area contributed by atoms with E-state index in [2.05, 4.69) is 5.32 Å². The number of ether oxygens (including phenoxy) is 2. The second-order valence-electron chi connectivity index (χ2n) is 6.36. The molecule has 0 spiro atoms. The molecule has 1 aliphatic rings. The SMILES string of the molecule is COCCn1ccc2c(OCC(=O)NC3CCCC3)cccc2c1=O. The number of carbonyl (C=O) groups excluding carboxylic acids is 1. The minimum Gasteiger partial charge on any atom is -0.483 e. The van der Waals surface area contributed by atoms with Gasteiger partial charge in [0.1, 0.15) is 5.75 Å². The van der Waals surface area contributed by atoms with E-state index < -0.39 is 0 Å². The predicted octanol–water partition coefficient (Wildman–Crippen LogP) is 2.09. The number of carbonyl (C=O) groups is 1. The van der Waals surface area contributed by atoms with Gasteiger partial charge in [-0.25, -0.2) is 0 Å². The zero-order valence-corrected chi connectivity index (χ0v) is 14.5. The second-order valence-corrected chi connectivity index (χ2v) is 6.36. The first-order valence-electron chi connectivity index (χ1n) is 8.72. The second kappa shape index (κ2) is 8.16. The molecule has 0 atom stereocenters. The Hall–Kier alpha value is -2.34. The fourth-order valence-corrected chi connectivity index (χ4v) is 3.26. The molecule has 2 aromatic rings. The number of methoxy groups -OCH3 is 1. The third-order valence-electron chi connectivity index (χ3n) is 4.59. The van der Waals surface area contributed by atoms with Crippen LogP contribution in [0.2, 0.25) is 0 Å². The fraction of sp³-hybridized carbons (Fsp3) is 0.474. The van der Waals surface area contributed by atoms with Crippen molar-refractivity contribution < 1.29 is 14.3 Å². The van der Waals surface area contributed by atoms with E-state index in [1.54, 1.807) is 36.1 Å². The van der Waals surface area contributed by atoms with Gasteiger partial charge in [-0.3, -0.25) is 9.59 Å². The number of aromatic nitrogens is 1. The van der Waals surface area contributed by atoms with Crippen molar-refractivity contribution in [2.24, 2.45) is 0 Å². The van der Waals surface area contributed by atoms with Gasteiger partial charge in [0, 0.05) is 31.3 Å². The first-order chi connectivity index (χ1) is 12.2. The molecule has 1 heterocycles. The van der Waals surface area contributed by atoms with Crippen LogP contribution in [-0.2, 0) is 16.1 Å². The van der Waals surface area contributed by atoms with Crippen LogP contribution in [0.4, 0.5) is 0 Å². The topological polar surface area (TPSA) is 69.6 Å². The van der Waals surface area contributed by atoms with Crippen molar-refractivity contribution in [2.75, 3.05) is 20.3 Å². The molecule has 134 valence electrons. The zero-order chi connectivity index (χ0) is 17.6. The molecule has 1 aromatic carbocycles. The predicted molar refractivity (Wildman–Crippen MR) is 96.0 cm³/mol. The van der Waals surface area contributed by atoms with Gasteiger partial charge in [-0.05, 0) is 31.0 Å². The van der Waals surface area contributed by atoms with Crippen LogP contribution in [0.5, 0.6) is 5.75 Å². The van der Waals surface area contributed by atoms with Gasteiger partial charge in [0.15, 0.2) is 6.61 Å². The Bertz CT molecular complexity index is 794. The summed E-state index contributed by atoms with van der Waals surface area (Å²) >= 11 is 0. The summed E-state index contributed by atoms with van der Waals surface area (Å²) in [7, 11) is 1.61. The number of nitrogens with one attached hydrogen (secondary N) is 1. The summed E-state index contributed by atoms with van der Waals surface area (Å²) in [5, 5.41) is 4.29. The fourth-order valence-electron chi connectivity index (χ4n) is 3.26. The molecule has 6 heteroatoms. The third kappa shape index (κ3) is 4.20. The lowest BCUT2D eigenvalue weighted by Crippen LogP contribution is -2.36. The Kier molecular flexibility index (Phi) is 5.71. The highest BCUT2D eigenvalue weighted by molar-refractivity contribution is 5.88. The maximum Gasteiger partial charge on any atom is 0.258 e. The molecule has 0 unspecified atom stereocenters. The van der Waals surface area contributed by atoms with Crippen LogP contribution >= 0.6 is 0 Å². The van der Waals surface area contributed by atoms with Gasteiger partial charge >= 0.3 is 0 Å². The van der Waals surface area contributed by atoms with Crippen LogP contribution in [-0.4, -0.2) is 36.8 Å². The van der Waals surface area contributed by atoms with Gasteiger partial charge in [0.05, 0.1) is 12.0 Å². The van der Waals surface area contributed by atoms with E-state index >= 15 is 0 Å². The van der Waals surface area contributed by atoms with Gasteiger partial charge < -0.3 is 19.4 Å². The molecule has 25 heavy (non-hydrogen) atoms. The van der Waals surface area contributed by atoms with Crippen LogP contribution in [0, 0.1) is 0 Å². The van der Waals surface area contributed by atoms with Gasteiger partial charge in [-0.1, -0.05) is 18.9 Å². The van der Waals surface area contributed by atoms with Gasteiger partial charge in [0.25, 0.3) is 11.5 Å². The monoisotopic (exact) mass is 344 g/mol. The lowest BCUT2D eigenvalue weighted by molar-refractivity contribution is -0.123. The summed E-state index contributed by atoms with van der Waals surface area (Å²) < 4.78 is 12.3. The largest absolute Gasteiger partial charge is 0.483 e. The molecule has 0 bridgehead atoms. The maximum atomic E-state index is 12.5. The minimum atomic E-state index is -0.114. The van der Waals surface area contributed by atoms with Crippen molar-refractivity contribution in [3.63, 3.8) is 0 Å². The molecule has 6 nitrogen and oxygen atoms in total. The number of fused-ring (bicyclic) bond motifs is 1. The van der Waals surface area contributed by atoms with Gasteiger partial charge in [0.2, 0.25) is 0 Å². The van der Waals surface area contributed by atoms with E-state index in [-0.39, 0.29) is 24.1 Å². The first-order valence-corrected chi connectivity index (χ1v) is 8.72. The average Bonchev–Trinajstić information content (AvgIpc) is 3.12. The maximum absolute atomic E-state index is 12.5. The molecular weight excluding hydrogens is 320 g/mol. The highest BCUT2D eigenvalue weighted by Gasteiger charge is 2.17. The zero-order valence-electron chi connectivity index (χ0n) is 14.5. The van der Waals surface area contributed by atoms with Crippen molar-refractivity contribution in [2.45, 2.75) is 38.3 Å². The van der Waals surface area contributed by atoms with Crippen molar-refractivity contribution in [1.29, 1.82) is 0 Å². The molecule has 1 fully saturated rings. The van der Waals surface area contributed by atoms with Crippen molar-refractivity contribution in [3.8, 4) is 5.75 Å². The van der Waals surface area contributed by atoms with E-state index in [0.29, 0.717) is 24.3 Å². The van der Waals surface area contributed by atoms with E-state index in [9.17, 15) is 9.59 Å². The number of amides is 1. The summed E-state index contributed by atoms with van der Waals surface area (Å²) in [5.41, 5.74) is -0.0876. The minimum absolute atomic E-state index is 0.0393. The van der Waals surface area contributed by atoms with Crippen molar-refractivity contribution >= 4 is 16.7 Å². The molecule has 0 saturated heterocycles. The Morgan fingerprint density at radius 3 is 2.80 bits per heavy atom. The van der Waals surface area contributed by atoms with E-state index in [1.165, 1.54) is 12.8 Å². The van der Waals surface area contributed by atoms with E-state index in [4.69, 9.17) is 9.47 Å². The third-order valence-corrected chi connectivity index (χ3v) is 4.59. The summed E-state index contributed by atoms with van der Waals surface area (Å²) in [6, 6.07) is 7.44. The van der Waals surface area contributed by atoms with Gasteiger partial charge in [-0.15, -0.1) is 0 Å². The highest BCUT2D eigenvalue weighted by Crippen LogP contribution is 2.23. The summed E-state index contributed by atoms with van der Waals surface area (Å²) in [6.07, 6.45) is 6.16. The quantitative estimate of drug-likeness (QED) is 0.835. The molecule has 1 N–H and O–H groups in total. The summed E-state index contributed by atoms with van der Waals surface area (Å²) in [4.78, 5) is 24.6. The normalized spacial score (nSPS) is 14.8. The number of nitrogens with zero attached hydrogens (tertiary/aromatic N) is 1. The Labute approximate surface area is 146 Å². The smallest absolute Gasteiger partial charge is 0.258 e. The Balaban J connectivity index is 1.72. The van der Waals surface area contributed by atoms with Gasteiger partial charge in [-0.2, -0.15) is 0 Å². The molecule has 1 amide bonds. The number of pyridine rings is 1. The van der Waals surface area contributed by atoms with Crippen LogP contribution in [0.3, 0.4) is 0 Å². The standard InChI is InChI=1S/C19H24N2O4/c1-24-12-11-21-10-9-15-16(19(21)23)7-4-8-17(15)25-13-18(22)20-14-5-2-3-6-14/h4,7-10,14H,2-3,5-6,11-13H2,1H3,(H,20,22). The summed E-state index contributed by atoms with van der Waals surface area (Å²) in [5.74, 6) is 0.437. The molecule has 0 radical (unpaired) electrons. The van der Waals surface area contributed by atoms with Crippen molar-refractivity contribution in [1.82, 2.24) is 9.88 Å². The van der Waals surface area contributed by atoms with Crippen LogP contribution < -0.4 is 15.6 Å². The molecule has 3 rings (SSSR count). The van der Waals surface area contributed by atoms with Crippen molar-refractivity contribution in [3.05, 3.63) is 40.8 Å². The Morgan fingerprint density at radius 2 is 2.04 bits per heavy atom. The summed E-state index contributed by atoms with van der Waals surface area (Å²) in [6.45, 7) is 0.936. The van der Waals surface area contributed by atoms with E-state index in [1.807, 2.05) is 6.07 Å². The number of rotatable bonds is 7. The Morgan fingerprint density at radius 1 is 1.24 bits per heavy atom.